The summed E-state index contributed by atoms with van der Waals surface area (Å²) in [6, 6.07) is 0.390. The van der Waals surface area contributed by atoms with Gasteiger partial charge in [0.05, 0.1) is 6.54 Å². The van der Waals surface area contributed by atoms with Crippen LogP contribution >= 0.6 is 0 Å². The monoisotopic (exact) mass is 369 g/mol. The number of rotatable bonds is 19. The van der Waals surface area contributed by atoms with Crippen LogP contribution in [0.25, 0.3) is 0 Å². The van der Waals surface area contributed by atoms with Gasteiger partial charge in [0.1, 0.15) is 6.29 Å². The second-order valence-electron chi connectivity index (χ2n) is 7.38. The Morgan fingerprint density at radius 3 is 1.81 bits per heavy atom. The molecule has 0 saturated carbocycles. The van der Waals surface area contributed by atoms with Gasteiger partial charge in [0.15, 0.2) is 0 Å². The molecule has 26 heavy (non-hydrogen) atoms. The second-order valence-corrected chi connectivity index (χ2v) is 7.38. The summed E-state index contributed by atoms with van der Waals surface area (Å²) < 4.78 is 0. The zero-order valence-corrected chi connectivity index (χ0v) is 17.1. The lowest BCUT2D eigenvalue weighted by molar-refractivity contribution is -0.138. The lowest BCUT2D eigenvalue weighted by Gasteiger charge is -2.27. The molecule has 1 N–H and O–H groups in total. The minimum atomic E-state index is -0.735. The van der Waals surface area contributed by atoms with Crippen molar-refractivity contribution >= 4 is 12.3 Å². The quantitative estimate of drug-likeness (QED) is 0.257. The first-order chi connectivity index (χ1) is 12.1. The number of carboxylic acid groups (broad SMARTS) is 1. The zero-order chi connectivity index (χ0) is 18.8. The van der Waals surface area contributed by atoms with Crippen LogP contribution in [0.5, 0.6) is 0 Å². The summed E-state index contributed by atoms with van der Waals surface area (Å²) in [5, 5.41) is 9.05. The number of carboxylic acids is 1. The molecule has 0 aliphatic carbocycles. The number of likely N-dealkylation sites (N-methyl/N-ethyl adjacent to an activating group) is 1. The van der Waals surface area contributed by atoms with E-state index in [4.69, 9.17) is 5.11 Å². The van der Waals surface area contributed by atoms with E-state index in [1.807, 2.05) is 11.9 Å². The van der Waals surface area contributed by atoms with Gasteiger partial charge in [0.2, 0.25) is 0 Å². The molecule has 0 rings (SSSR count). The molecule has 153 valence electrons. The molecule has 0 heterocycles. The highest BCUT2D eigenvalue weighted by atomic mass is 16.4. The highest BCUT2D eigenvalue weighted by Gasteiger charge is 2.16. The predicted molar refractivity (Wildman–Crippen MR) is 107 cm³/mol. The summed E-state index contributed by atoms with van der Waals surface area (Å²) in [7, 11) is 1.95. The third-order valence-corrected chi connectivity index (χ3v) is 5.01. The Morgan fingerprint density at radius 1 is 0.885 bits per heavy atom. The van der Waals surface area contributed by atoms with Gasteiger partial charge in [0.25, 0.3) is 0 Å². The lowest BCUT2D eigenvalue weighted by Crippen LogP contribution is -2.35. The summed E-state index contributed by atoms with van der Waals surface area (Å²) in [5.41, 5.74) is 0. The average molecular weight is 370 g/mol. The van der Waals surface area contributed by atoms with Gasteiger partial charge in [-0.25, -0.2) is 0 Å². The van der Waals surface area contributed by atoms with Gasteiger partial charge in [0, 0.05) is 18.6 Å². The van der Waals surface area contributed by atoms with Crippen molar-refractivity contribution in [3.05, 3.63) is 0 Å². The van der Waals surface area contributed by atoms with Crippen molar-refractivity contribution in [3.8, 4) is 0 Å². The van der Waals surface area contributed by atoms with Crippen LogP contribution in [0.4, 0.5) is 0 Å². The van der Waals surface area contributed by atoms with E-state index in [-0.39, 0.29) is 12.7 Å². The van der Waals surface area contributed by atoms with E-state index in [9.17, 15) is 9.59 Å². The van der Waals surface area contributed by atoms with E-state index in [0.29, 0.717) is 12.5 Å². The predicted octanol–water partition coefficient (Wildman–Crippen LogP) is 4.96. The van der Waals surface area contributed by atoms with Gasteiger partial charge in [-0.05, 0) is 26.3 Å². The molecule has 0 aromatic carbocycles. The number of aliphatic carboxylic acids is 1. The lowest BCUT2D eigenvalue weighted by atomic mass is 9.99. The van der Waals surface area contributed by atoms with E-state index in [2.05, 4.69) is 6.92 Å². The average Bonchev–Trinajstić information content (AvgIpc) is 2.57. The first-order valence-corrected chi connectivity index (χ1v) is 10.5. The molecule has 3 radical (unpaired) electrons. The van der Waals surface area contributed by atoms with Gasteiger partial charge in [-0.1, -0.05) is 77.6 Å². The molecule has 0 aromatic rings. The fraction of sp³-hybridized carbons (Fsp3) is 0.905. The fourth-order valence-corrected chi connectivity index (χ4v) is 3.40. The van der Waals surface area contributed by atoms with Crippen LogP contribution in [-0.2, 0) is 9.59 Å². The molecule has 1 unspecified atom stereocenters. The Balaban J connectivity index is 0. The van der Waals surface area contributed by atoms with Gasteiger partial charge in [-0.2, -0.15) is 0 Å². The van der Waals surface area contributed by atoms with Crippen molar-refractivity contribution in [2.45, 2.75) is 109 Å². The van der Waals surface area contributed by atoms with E-state index >= 15 is 0 Å². The Hall–Kier alpha value is -0.940. The topological polar surface area (TPSA) is 88.1 Å². The molecule has 0 aliphatic heterocycles. The first-order valence-electron chi connectivity index (χ1n) is 10.5. The number of carbonyl (C=O) groups is 2. The summed E-state index contributed by atoms with van der Waals surface area (Å²) in [6.45, 7) is 2.38. The van der Waals surface area contributed by atoms with Crippen LogP contribution in [0.3, 0.4) is 0 Å². The van der Waals surface area contributed by atoms with Gasteiger partial charge < -0.3 is 9.90 Å². The van der Waals surface area contributed by atoms with Crippen LogP contribution in [0, 0.1) is 0 Å². The SMILES string of the molecule is CCCCCCCCCC(CCCCCCCC=O)N(C)CC(=O)O.[N]. The molecule has 0 spiro atoms. The molecule has 0 saturated heterocycles. The summed E-state index contributed by atoms with van der Waals surface area (Å²) in [5.74, 6) is -0.735. The second kappa shape index (κ2) is 20.4. The van der Waals surface area contributed by atoms with Crippen molar-refractivity contribution in [2.24, 2.45) is 0 Å². The number of hydrogen-bond donors (Lipinski definition) is 1. The third-order valence-electron chi connectivity index (χ3n) is 5.01. The van der Waals surface area contributed by atoms with Crippen molar-refractivity contribution in [3.63, 3.8) is 0 Å². The molecular weight excluding hydrogens is 328 g/mol. The maximum absolute atomic E-state index is 11.0. The summed E-state index contributed by atoms with van der Waals surface area (Å²) in [4.78, 5) is 23.3. The van der Waals surface area contributed by atoms with Crippen LogP contribution in [0.15, 0.2) is 0 Å². The third kappa shape index (κ3) is 17.9. The van der Waals surface area contributed by atoms with E-state index < -0.39 is 5.97 Å². The van der Waals surface area contributed by atoms with E-state index in [1.54, 1.807) is 0 Å². The minimum absolute atomic E-state index is 0. The Labute approximate surface area is 161 Å². The van der Waals surface area contributed by atoms with Gasteiger partial charge in [-0.3, -0.25) is 9.69 Å². The van der Waals surface area contributed by atoms with Crippen molar-refractivity contribution in [1.29, 1.82) is 0 Å². The number of nitrogens with zero attached hydrogens (tertiary/aromatic N) is 2. The number of hydrogen-bond acceptors (Lipinski definition) is 3. The van der Waals surface area contributed by atoms with Gasteiger partial charge in [-0.15, -0.1) is 0 Å². The maximum Gasteiger partial charge on any atom is 0.317 e. The summed E-state index contributed by atoms with van der Waals surface area (Å²) >= 11 is 0. The standard InChI is InChI=1S/C21H41NO3.N/c1-3-4-5-6-7-10-13-16-20(22(2)19-21(24)25)17-14-11-8-9-12-15-18-23;/h18,20H,3-17,19H2,1-2H3,(H,24,25);. The van der Waals surface area contributed by atoms with E-state index in [1.165, 1.54) is 57.8 Å². The Morgan fingerprint density at radius 2 is 1.35 bits per heavy atom. The molecular formula is C21H41N2O3. The number of unbranched alkanes of at least 4 members (excludes halogenated alkanes) is 11. The molecule has 5 heteroatoms. The van der Waals surface area contributed by atoms with Crippen LogP contribution in [0.2, 0.25) is 0 Å². The van der Waals surface area contributed by atoms with Crippen LogP contribution < -0.4 is 6.15 Å². The van der Waals surface area contributed by atoms with E-state index in [0.717, 1.165) is 38.4 Å². The molecule has 0 aromatic heterocycles. The zero-order valence-electron chi connectivity index (χ0n) is 17.1. The van der Waals surface area contributed by atoms with Crippen LogP contribution in [0.1, 0.15) is 103 Å². The van der Waals surface area contributed by atoms with Crippen molar-refractivity contribution in [1.82, 2.24) is 11.1 Å². The highest BCUT2D eigenvalue weighted by molar-refractivity contribution is 5.69. The minimum Gasteiger partial charge on any atom is -0.480 e. The molecule has 0 bridgehead atoms. The van der Waals surface area contributed by atoms with Gasteiger partial charge >= 0.3 is 5.97 Å². The van der Waals surface area contributed by atoms with Crippen molar-refractivity contribution in [2.75, 3.05) is 13.6 Å². The van der Waals surface area contributed by atoms with Crippen molar-refractivity contribution < 1.29 is 14.7 Å². The molecule has 0 aliphatic rings. The molecule has 0 fully saturated rings. The molecule has 5 nitrogen and oxygen atoms in total. The summed E-state index contributed by atoms with van der Waals surface area (Å²) in [6.07, 6.45) is 18.7. The smallest absolute Gasteiger partial charge is 0.317 e. The first kappa shape index (κ1) is 27.3. The number of carbonyl (C=O) groups excluding carboxylic acids is 1. The normalized spacial score (nSPS) is 12.0. The molecule has 0 amide bonds. The number of aldehydes is 1. The van der Waals surface area contributed by atoms with Crippen LogP contribution in [-0.4, -0.2) is 41.9 Å². The molecule has 1 atom stereocenters. The maximum atomic E-state index is 11.0. The fourth-order valence-electron chi connectivity index (χ4n) is 3.40. The largest absolute Gasteiger partial charge is 0.480 e. The highest BCUT2D eigenvalue weighted by Crippen LogP contribution is 2.18. The Bertz CT molecular complexity index is 324. The Kier molecular flexibility index (Phi) is 21.4.